The smallest absolute Gasteiger partial charge is 0.306 e. The van der Waals surface area contributed by atoms with Crippen LogP contribution in [0.5, 0.6) is 0 Å². The fourth-order valence-electron chi connectivity index (χ4n) is 2.90. The molecule has 6 nitrogen and oxygen atoms in total. The standard InChI is InChI=1S/C22H19N3O3S2/c1-14-23-18(13-29-14)15-5-4-6-16(11-15)24-20(26)12-28-22(27)10-9-21-25-17-7-2-3-8-19(17)30-21/h2-8,11,13H,9-10,12H2,1H3,(H,24,26). The van der Waals surface area contributed by atoms with Crippen LogP contribution in [0.15, 0.2) is 53.9 Å². The summed E-state index contributed by atoms with van der Waals surface area (Å²) in [6.07, 6.45) is 0.681. The lowest BCUT2D eigenvalue weighted by Gasteiger charge is -2.07. The van der Waals surface area contributed by atoms with Crippen LogP contribution < -0.4 is 5.32 Å². The maximum Gasteiger partial charge on any atom is 0.306 e. The fourth-order valence-corrected chi connectivity index (χ4v) is 4.49. The van der Waals surface area contributed by atoms with Gasteiger partial charge in [0.05, 0.1) is 32.3 Å². The van der Waals surface area contributed by atoms with Gasteiger partial charge in [0, 0.05) is 23.1 Å². The number of para-hydroxylation sites is 1. The van der Waals surface area contributed by atoms with Crippen LogP contribution in [0.2, 0.25) is 0 Å². The van der Waals surface area contributed by atoms with Gasteiger partial charge in [-0.25, -0.2) is 9.97 Å². The van der Waals surface area contributed by atoms with E-state index in [1.165, 1.54) is 0 Å². The number of carbonyl (C=O) groups is 2. The highest BCUT2D eigenvalue weighted by atomic mass is 32.1. The van der Waals surface area contributed by atoms with Crippen LogP contribution in [0.25, 0.3) is 21.5 Å². The predicted octanol–water partition coefficient (Wildman–Crippen LogP) is 4.84. The molecule has 8 heteroatoms. The molecule has 2 aromatic carbocycles. The van der Waals surface area contributed by atoms with Crippen LogP contribution in [-0.2, 0) is 20.7 Å². The number of benzene rings is 2. The molecule has 0 bridgehead atoms. The third kappa shape index (κ3) is 5.08. The SMILES string of the molecule is Cc1nc(-c2cccc(NC(=O)COC(=O)CCc3nc4ccccc4s3)c2)cs1. The second kappa shape index (κ2) is 9.15. The number of aromatic nitrogens is 2. The number of anilines is 1. The Morgan fingerprint density at radius 1 is 1.10 bits per heavy atom. The molecule has 0 spiro atoms. The molecule has 0 aliphatic carbocycles. The molecular formula is C22H19N3O3S2. The summed E-state index contributed by atoms with van der Waals surface area (Å²) < 4.78 is 6.20. The zero-order valence-electron chi connectivity index (χ0n) is 16.3. The van der Waals surface area contributed by atoms with Crippen molar-refractivity contribution < 1.29 is 14.3 Å². The number of esters is 1. The minimum absolute atomic E-state index is 0.186. The van der Waals surface area contributed by atoms with E-state index in [9.17, 15) is 9.59 Å². The monoisotopic (exact) mass is 437 g/mol. The first-order chi connectivity index (χ1) is 14.6. The van der Waals surface area contributed by atoms with E-state index in [1.54, 1.807) is 28.7 Å². The van der Waals surface area contributed by atoms with E-state index in [1.807, 2.05) is 54.8 Å². The number of carbonyl (C=O) groups excluding carboxylic acids is 2. The van der Waals surface area contributed by atoms with Crippen molar-refractivity contribution in [2.75, 3.05) is 11.9 Å². The highest BCUT2D eigenvalue weighted by Crippen LogP contribution is 2.24. The number of ether oxygens (including phenoxy) is 1. The molecule has 0 unspecified atom stereocenters. The molecule has 4 aromatic rings. The number of thiazole rings is 2. The highest BCUT2D eigenvalue weighted by molar-refractivity contribution is 7.18. The van der Waals surface area contributed by atoms with Gasteiger partial charge in [0.2, 0.25) is 0 Å². The van der Waals surface area contributed by atoms with E-state index in [0.29, 0.717) is 12.1 Å². The van der Waals surface area contributed by atoms with Gasteiger partial charge in [-0.2, -0.15) is 0 Å². The summed E-state index contributed by atoms with van der Waals surface area (Å²) in [4.78, 5) is 33.1. The average molecular weight is 438 g/mol. The molecule has 0 aliphatic heterocycles. The van der Waals surface area contributed by atoms with Gasteiger partial charge in [-0.05, 0) is 31.2 Å². The summed E-state index contributed by atoms with van der Waals surface area (Å²) in [7, 11) is 0. The van der Waals surface area contributed by atoms with E-state index in [2.05, 4.69) is 15.3 Å². The minimum atomic E-state index is -0.420. The predicted molar refractivity (Wildman–Crippen MR) is 120 cm³/mol. The molecular weight excluding hydrogens is 418 g/mol. The van der Waals surface area contributed by atoms with Crippen molar-refractivity contribution in [1.82, 2.24) is 9.97 Å². The zero-order valence-corrected chi connectivity index (χ0v) is 17.9. The first kappa shape index (κ1) is 20.2. The molecule has 2 heterocycles. The van der Waals surface area contributed by atoms with Gasteiger partial charge in [0.1, 0.15) is 0 Å². The van der Waals surface area contributed by atoms with E-state index < -0.39 is 5.97 Å². The van der Waals surface area contributed by atoms with E-state index in [4.69, 9.17) is 4.74 Å². The number of fused-ring (bicyclic) bond motifs is 1. The maximum absolute atomic E-state index is 12.1. The van der Waals surface area contributed by atoms with Crippen molar-refractivity contribution in [3.05, 3.63) is 63.9 Å². The first-order valence-corrected chi connectivity index (χ1v) is 11.1. The average Bonchev–Trinajstić information content (AvgIpc) is 3.36. The minimum Gasteiger partial charge on any atom is -0.456 e. The Bertz CT molecular complexity index is 1170. The number of aryl methyl sites for hydroxylation is 2. The summed E-state index contributed by atoms with van der Waals surface area (Å²) in [6.45, 7) is 1.63. The van der Waals surface area contributed by atoms with Gasteiger partial charge < -0.3 is 10.1 Å². The molecule has 1 N–H and O–H groups in total. The molecule has 152 valence electrons. The number of hydrogen-bond donors (Lipinski definition) is 1. The topological polar surface area (TPSA) is 81.2 Å². The Labute approximate surface area is 181 Å². The molecule has 0 fully saturated rings. The van der Waals surface area contributed by atoms with Crippen molar-refractivity contribution in [3.63, 3.8) is 0 Å². The molecule has 2 aromatic heterocycles. The van der Waals surface area contributed by atoms with Gasteiger partial charge in [0.15, 0.2) is 6.61 Å². The lowest BCUT2D eigenvalue weighted by Crippen LogP contribution is -2.21. The normalized spacial score (nSPS) is 10.8. The summed E-state index contributed by atoms with van der Waals surface area (Å²) in [5.41, 5.74) is 3.36. The fraction of sp³-hybridized carbons (Fsp3) is 0.182. The second-order valence-corrected chi connectivity index (χ2v) is 8.79. The van der Waals surface area contributed by atoms with Gasteiger partial charge in [0.25, 0.3) is 5.91 Å². The van der Waals surface area contributed by atoms with Crippen LogP contribution in [-0.4, -0.2) is 28.5 Å². The van der Waals surface area contributed by atoms with Gasteiger partial charge in [-0.3, -0.25) is 9.59 Å². The Hall–Kier alpha value is -3.10. The van der Waals surface area contributed by atoms with E-state index in [0.717, 1.165) is 31.5 Å². The van der Waals surface area contributed by atoms with E-state index >= 15 is 0 Å². The Balaban J connectivity index is 1.25. The Morgan fingerprint density at radius 2 is 1.97 bits per heavy atom. The van der Waals surface area contributed by atoms with Crippen molar-refractivity contribution in [2.45, 2.75) is 19.8 Å². The molecule has 4 rings (SSSR count). The lowest BCUT2D eigenvalue weighted by atomic mass is 10.1. The number of nitrogens with zero attached hydrogens (tertiary/aromatic N) is 2. The number of nitrogens with one attached hydrogen (secondary N) is 1. The van der Waals surface area contributed by atoms with Crippen LogP contribution in [0.4, 0.5) is 5.69 Å². The molecule has 0 saturated carbocycles. The third-order valence-electron chi connectivity index (χ3n) is 4.31. The first-order valence-electron chi connectivity index (χ1n) is 9.39. The number of amides is 1. The molecule has 0 radical (unpaired) electrons. The van der Waals surface area contributed by atoms with Crippen molar-refractivity contribution in [3.8, 4) is 11.3 Å². The van der Waals surface area contributed by atoms with Gasteiger partial charge in [-0.15, -0.1) is 22.7 Å². The quantitative estimate of drug-likeness (QED) is 0.418. The molecule has 0 saturated heterocycles. The molecule has 30 heavy (non-hydrogen) atoms. The third-order valence-corrected chi connectivity index (χ3v) is 6.18. The van der Waals surface area contributed by atoms with Crippen LogP contribution in [0.3, 0.4) is 0 Å². The van der Waals surface area contributed by atoms with Crippen molar-refractivity contribution in [2.24, 2.45) is 0 Å². The second-order valence-electron chi connectivity index (χ2n) is 6.62. The van der Waals surface area contributed by atoms with Crippen LogP contribution in [0.1, 0.15) is 16.4 Å². The number of rotatable bonds is 7. The number of hydrogen-bond acceptors (Lipinski definition) is 7. The highest BCUT2D eigenvalue weighted by Gasteiger charge is 2.11. The molecule has 1 amide bonds. The Morgan fingerprint density at radius 3 is 2.77 bits per heavy atom. The van der Waals surface area contributed by atoms with Crippen LogP contribution in [0, 0.1) is 6.92 Å². The van der Waals surface area contributed by atoms with Crippen molar-refractivity contribution in [1.29, 1.82) is 0 Å². The summed E-state index contributed by atoms with van der Waals surface area (Å²) in [6, 6.07) is 15.3. The summed E-state index contributed by atoms with van der Waals surface area (Å²) in [5.74, 6) is -0.800. The lowest BCUT2D eigenvalue weighted by molar-refractivity contribution is -0.147. The molecule has 0 atom stereocenters. The van der Waals surface area contributed by atoms with Gasteiger partial charge >= 0.3 is 5.97 Å². The van der Waals surface area contributed by atoms with Crippen LogP contribution >= 0.6 is 22.7 Å². The summed E-state index contributed by atoms with van der Waals surface area (Å²) >= 11 is 3.14. The van der Waals surface area contributed by atoms with Gasteiger partial charge in [-0.1, -0.05) is 24.3 Å². The largest absolute Gasteiger partial charge is 0.456 e. The maximum atomic E-state index is 12.1. The van der Waals surface area contributed by atoms with Crippen molar-refractivity contribution >= 4 is 50.5 Å². The molecule has 0 aliphatic rings. The zero-order chi connectivity index (χ0) is 20.9. The summed E-state index contributed by atoms with van der Waals surface area (Å²) in [5, 5.41) is 6.60. The Kier molecular flexibility index (Phi) is 6.15. The van der Waals surface area contributed by atoms with E-state index in [-0.39, 0.29) is 18.9 Å².